The Morgan fingerprint density at radius 2 is 2.00 bits per heavy atom. The molecule has 0 amide bonds. The van der Waals surface area contributed by atoms with Gasteiger partial charge in [-0.15, -0.1) is 0 Å². The highest BCUT2D eigenvalue weighted by molar-refractivity contribution is 5.78. The van der Waals surface area contributed by atoms with Gasteiger partial charge in [-0.05, 0) is 30.9 Å². The summed E-state index contributed by atoms with van der Waals surface area (Å²) in [5.41, 5.74) is -0.0153. The number of fused-ring (bicyclic) bond motifs is 1. The average molecular weight is 330 g/mol. The van der Waals surface area contributed by atoms with Crippen LogP contribution >= 0.6 is 0 Å². The van der Waals surface area contributed by atoms with Gasteiger partial charge in [0, 0.05) is 5.92 Å². The predicted molar refractivity (Wildman–Crippen MR) is 90.1 cm³/mol. The number of hydrogen-bond acceptors (Lipinski definition) is 5. The van der Waals surface area contributed by atoms with Crippen molar-refractivity contribution >= 4 is 16.9 Å². The molecule has 1 N–H and O–H groups in total. The molecule has 1 atom stereocenters. The summed E-state index contributed by atoms with van der Waals surface area (Å²) in [7, 11) is 1.34. The Morgan fingerprint density at radius 3 is 2.71 bits per heavy atom. The molecule has 0 saturated heterocycles. The first-order chi connectivity index (χ1) is 11.6. The molecule has 24 heavy (non-hydrogen) atoms. The monoisotopic (exact) mass is 330 g/mol. The average Bonchev–Trinajstić information content (AvgIpc) is 2.63. The van der Waals surface area contributed by atoms with E-state index in [1.54, 1.807) is 24.3 Å². The van der Waals surface area contributed by atoms with Gasteiger partial charge in [0.1, 0.15) is 5.58 Å². The van der Waals surface area contributed by atoms with Crippen LogP contribution in [0.15, 0.2) is 33.5 Å². The number of ether oxygens (including phenoxy) is 1. The number of rotatable bonds is 4. The highest BCUT2D eigenvalue weighted by atomic mass is 16.5. The third-order valence-electron chi connectivity index (χ3n) is 4.97. The molecule has 1 fully saturated rings. The maximum atomic E-state index is 12.5. The maximum Gasteiger partial charge on any atom is 0.306 e. The quantitative estimate of drug-likeness (QED) is 0.865. The number of carbonyl (C=O) groups is 1. The summed E-state index contributed by atoms with van der Waals surface area (Å²) in [6.07, 6.45) is 5.36. The van der Waals surface area contributed by atoms with Crippen molar-refractivity contribution in [2.24, 2.45) is 5.92 Å². The zero-order valence-electron chi connectivity index (χ0n) is 13.8. The Kier molecular flexibility index (Phi) is 4.88. The van der Waals surface area contributed by atoms with Gasteiger partial charge in [-0.1, -0.05) is 31.4 Å². The van der Waals surface area contributed by atoms with E-state index in [2.05, 4.69) is 0 Å². The number of aromatic hydroxyl groups is 1. The van der Waals surface area contributed by atoms with Gasteiger partial charge in [-0.2, -0.15) is 0 Å². The molecule has 0 unspecified atom stereocenters. The standard InChI is InChI=1S/C19H22O5/c1-23-16(20)11-14(12-7-3-2-4-8-12)19-18(22)17(21)13-9-5-6-10-15(13)24-19/h5-6,9-10,12,14,22H,2-4,7-8,11H2,1H3/t14-/m1/s1. The lowest BCUT2D eigenvalue weighted by Gasteiger charge is -2.29. The molecule has 1 aromatic heterocycles. The van der Waals surface area contributed by atoms with Crippen LogP contribution < -0.4 is 5.43 Å². The van der Waals surface area contributed by atoms with Gasteiger partial charge in [0.2, 0.25) is 11.2 Å². The number of benzene rings is 1. The third kappa shape index (κ3) is 3.16. The molecule has 0 bridgehead atoms. The maximum absolute atomic E-state index is 12.5. The number of carbonyl (C=O) groups excluding carboxylic acids is 1. The second-order valence-corrected chi connectivity index (χ2v) is 6.43. The van der Waals surface area contributed by atoms with Crippen molar-refractivity contribution in [2.45, 2.75) is 44.4 Å². The van der Waals surface area contributed by atoms with Crippen LogP contribution in [0, 0.1) is 5.92 Å². The molecule has 1 aliphatic rings. The molecule has 0 spiro atoms. The van der Waals surface area contributed by atoms with Gasteiger partial charge in [-0.3, -0.25) is 9.59 Å². The summed E-state index contributed by atoms with van der Waals surface area (Å²) in [4.78, 5) is 24.3. The minimum absolute atomic E-state index is 0.107. The van der Waals surface area contributed by atoms with E-state index in [0.717, 1.165) is 25.7 Å². The lowest BCUT2D eigenvalue weighted by Crippen LogP contribution is -2.21. The van der Waals surface area contributed by atoms with E-state index in [0.29, 0.717) is 11.0 Å². The van der Waals surface area contributed by atoms with Gasteiger partial charge >= 0.3 is 5.97 Å². The molecule has 1 aromatic carbocycles. The van der Waals surface area contributed by atoms with Crippen LogP contribution in [0.25, 0.3) is 11.0 Å². The first-order valence-corrected chi connectivity index (χ1v) is 8.43. The van der Waals surface area contributed by atoms with Crippen LogP contribution in [-0.4, -0.2) is 18.2 Å². The molecule has 0 radical (unpaired) electrons. The van der Waals surface area contributed by atoms with Crippen molar-refractivity contribution in [2.75, 3.05) is 7.11 Å². The van der Waals surface area contributed by atoms with Gasteiger partial charge in [0.15, 0.2) is 5.76 Å². The summed E-state index contributed by atoms with van der Waals surface area (Å²) in [6.45, 7) is 0. The summed E-state index contributed by atoms with van der Waals surface area (Å²) in [5.74, 6) is -0.659. The van der Waals surface area contributed by atoms with Gasteiger partial charge in [0.05, 0.1) is 18.9 Å². The fraction of sp³-hybridized carbons (Fsp3) is 0.474. The normalized spacial score (nSPS) is 16.9. The van der Waals surface area contributed by atoms with Crippen molar-refractivity contribution in [1.82, 2.24) is 0 Å². The summed E-state index contributed by atoms with van der Waals surface area (Å²) in [5, 5.41) is 10.8. The molecule has 5 nitrogen and oxygen atoms in total. The van der Waals surface area contributed by atoms with E-state index < -0.39 is 5.43 Å². The minimum atomic E-state index is -0.447. The Hall–Kier alpha value is -2.30. The van der Waals surface area contributed by atoms with Gasteiger partial charge in [-0.25, -0.2) is 0 Å². The summed E-state index contributed by atoms with van der Waals surface area (Å²) < 4.78 is 10.7. The first-order valence-electron chi connectivity index (χ1n) is 8.43. The Balaban J connectivity index is 2.09. The molecule has 5 heteroatoms. The highest BCUT2D eigenvalue weighted by Gasteiger charge is 2.32. The van der Waals surface area contributed by atoms with E-state index in [1.807, 2.05) is 0 Å². The smallest absolute Gasteiger partial charge is 0.306 e. The molecule has 1 saturated carbocycles. The fourth-order valence-corrected chi connectivity index (χ4v) is 3.67. The van der Waals surface area contributed by atoms with E-state index in [1.165, 1.54) is 13.5 Å². The van der Waals surface area contributed by atoms with Crippen LogP contribution in [0.3, 0.4) is 0 Å². The Bertz CT molecular complexity index is 786. The predicted octanol–water partition coefficient (Wildman–Crippen LogP) is 3.73. The Labute approximate surface area is 140 Å². The van der Waals surface area contributed by atoms with Crippen molar-refractivity contribution in [3.8, 4) is 5.75 Å². The molecular formula is C19H22O5. The number of para-hydroxylation sites is 1. The van der Waals surface area contributed by atoms with Gasteiger partial charge < -0.3 is 14.3 Å². The summed E-state index contributed by atoms with van der Waals surface area (Å²) >= 11 is 0. The number of methoxy groups -OCH3 is 1. The van der Waals surface area contributed by atoms with E-state index in [-0.39, 0.29) is 35.7 Å². The van der Waals surface area contributed by atoms with Crippen LogP contribution in [0.1, 0.15) is 50.2 Å². The first kappa shape index (κ1) is 16.6. The minimum Gasteiger partial charge on any atom is -0.502 e. The molecule has 2 aromatic rings. The van der Waals surface area contributed by atoms with Crippen molar-refractivity contribution in [3.05, 3.63) is 40.2 Å². The Morgan fingerprint density at radius 1 is 1.29 bits per heavy atom. The van der Waals surface area contributed by atoms with Crippen LogP contribution in [-0.2, 0) is 9.53 Å². The second kappa shape index (κ2) is 7.07. The van der Waals surface area contributed by atoms with Crippen molar-refractivity contribution in [3.63, 3.8) is 0 Å². The molecule has 1 aliphatic carbocycles. The van der Waals surface area contributed by atoms with E-state index >= 15 is 0 Å². The topological polar surface area (TPSA) is 76.7 Å². The molecular weight excluding hydrogens is 308 g/mol. The molecule has 3 rings (SSSR count). The zero-order chi connectivity index (χ0) is 17.1. The largest absolute Gasteiger partial charge is 0.502 e. The molecule has 1 heterocycles. The zero-order valence-corrected chi connectivity index (χ0v) is 13.8. The van der Waals surface area contributed by atoms with Crippen LogP contribution in [0.5, 0.6) is 5.75 Å². The number of hydrogen-bond donors (Lipinski definition) is 1. The number of esters is 1. The SMILES string of the molecule is COC(=O)C[C@@H](c1oc2ccccc2c(=O)c1O)C1CCCCC1. The van der Waals surface area contributed by atoms with Crippen LogP contribution in [0.4, 0.5) is 0 Å². The van der Waals surface area contributed by atoms with Crippen LogP contribution in [0.2, 0.25) is 0 Å². The molecule has 0 aliphatic heterocycles. The second-order valence-electron chi connectivity index (χ2n) is 6.43. The van der Waals surface area contributed by atoms with E-state index in [9.17, 15) is 14.7 Å². The fourth-order valence-electron chi connectivity index (χ4n) is 3.67. The van der Waals surface area contributed by atoms with Crippen molar-refractivity contribution in [1.29, 1.82) is 0 Å². The lowest BCUT2D eigenvalue weighted by atomic mass is 9.77. The highest BCUT2D eigenvalue weighted by Crippen LogP contribution is 2.41. The van der Waals surface area contributed by atoms with Crippen molar-refractivity contribution < 1.29 is 19.1 Å². The van der Waals surface area contributed by atoms with E-state index in [4.69, 9.17) is 9.15 Å². The summed E-state index contributed by atoms with van der Waals surface area (Å²) in [6, 6.07) is 6.84. The van der Waals surface area contributed by atoms with Gasteiger partial charge in [0.25, 0.3) is 0 Å². The third-order valence-corrected chi connectivity index (χ3v) is 4.97. The molecule has 128 valence electrons. The lowest BCUT2D eigenvalue weighted by molar-refractivity contribution is -0.141.